The van der Waals surface area contributed by atoms with Gasteiger partial charge < -0.3 is 0 Å². The first-order valence-corrected chi connectivity index (χ1v) is 4.53. The molecule has 1 saturated carbocycles. The van der Waals surface area contributed by atoms with E-state index in [9.17, 15) is 0 Å². The van der Waals surface area contributed by atoms with Crippen molar-refractivity contribution in [3.63, 3.8) is 0 Å². The monoisotopic (exact) mass is 151 g/mol. The molecule has 1 aliphatic carbocycles. The molecule has 0 amide bonds. The normalized spacial score (nSPS) is 26.4. The Morgan fingerprint density at radius 2 is 2.09 bits per heavy atom. The number of nitrogens with zero attached hydrogens (tertiary/aromatic N) is 1. The average Bonchev–Trinajstić information content (AvgIpc) is 2.06. The van der Waals surface area contributed by atoms with Crippen molar-refractivity contribution in [2.75, 3.05) is 7.05 Å². The van der Waals surface area contributed by atoms with E-state index in [4.69, 9.17) is 0 Å². The van der Waals surface area contributed by atoms with Gasteiger partial charge in [-0.15, -0.1) is 0 Å². The largest absolute Gasteiger partial charge is 0.293 e. The lowest BCUT2D eigenvalue weighted by Gasteiger charge is -2.15. The van der Waals surface area contributed by atoms with Crippen molar-refractivity contribution < 1.29 is 0 Å². The van der Waals surface area contributed by atoms with Gasteiger partial charge >= 0.3 is 0 Å². The second-order valence-electron chi connectivity index (χ2n) is 3.02. The van der Waals surface area contributed by atoms with Gasteiger partial charge in [0.05, 0.1) is 0 Å². The Kier molecular flexibility index (Phi) is 3.34. The van der Waals surface area contributed by atoms with Gasteiger partial charge in [0.25, 0.3) is 0 Å². The van der Waals surface area contributed by atoms with Gasteiger partial charge in [-0.2, -0.15) is 0 Å². The molecule has 1 heteroatoms. The third-order valence-corrected chi connectivity index (χ3v) is 2.20. The number of hydrogen-bond acceptors (Lipinski definition) is 1. The zero-order valence-electron chi connectivity index (χ0n) is 7.56. The van der Waals surface area contributed by atoms with Crippen LogP contribution >= 0.6 is 0 Å². The molecule has 0 radical (unpaired) electrons. The highest BCUT2D eigenvalue weighted by atomic mass is 14.7. The third-order valence-electron chi connectivity index (χ3n) is 2.20. The van der Waals surface area contributed by atoms with E-state index in [1.165, 1.54) is 37.0 Å². The highest BCUT2D eigenvalue weighted by molar-refractivity contribution is 6.00. The fourth-order valence-electron chi connectivity index (χ4n) is 1.63. The van der Waals surface area contributed by atoms with Crippen LogP contribution in [-0.2, 0) is 0 Å². The highest BCUT2D eigenvalue weighted by Gasteiger charge is 2.10. The van der Waals surface area contributed by atoms with E-state index in [0.29, 0.717) is 0 Å². The van der Waals surface area contributed by atoms with Gasteiger partial charge in [0.2, 0.25) is 0 Å². The molecule has 0 aliphatic heterocycles. The number of rotatable bonds is 1. The van der Waals surface area contributed by atoms with Crippen molar-refractivity contribution in [1.82, 2.24) is 0 Å². The molecule has 0 heterocycles. The Morgan fingerprint density at radius 1 is 1.36 bits per heavy atom. The zero-order valence-corrected chi connectivity index (χ0v) is 7.56. The lowest BCUT2D eigenvalue weighted by atomic mass is 9.92. The summed E-state index contributed by atoms with van der Waals surface area (Å²) in [6.45, 7) is 2.19. The van der Waals surface area contributed by atoms with Crippen LogP contribution < -0.4 is 0 Å². The summed E-state index contributed by atoms with van der Waals surface area (Å²) in [6.07, 6.45) is 8.59. The quantitative estimate of drug-likeness (QED) is 0.546. The van der Waals surface area contributed by atoms with E-state index in [1.54, 1.807) is 0 Å². The summed E-state index contributed by atoms with van der Waals surface area (Å²) in [7, 11) is 1.91. The molecule has 11 heavy (non-hydrogen) atoms. The molecule has 62 valence electrons. The topological polar surface area (TPSA) is 12.4 Å². The lowest BCUT2D eigenvalue weighted by Crippen LogP contribution is -2.08. The van der Waals surface area contributed by atoms with E-state index in [1.807, 2.05) is 7.05 Å². The van der Waals surface area contributed by atoms with Gasteiger partial charge in [0, 0.05) is 12.8 Å². The van der Waals surface area contributed by atoms with E-state index in [2.05, 4.69) is 18.0 Å². The summed E-state index contributed by atoms with van der Waals surface area (Å²) >= 11 is 0. The molecule has 1 aliphatic rings. The molecule has 0 atom stereocenters. The maximum absolute atomic E-state index is 4.30. The van der Waals surface area contributed by atoms with Crippen molar-refractivity contribution in [2.45, 2.75) is 39.0 Å². The van der Waals surface area contributed by atoms with Crippen LogP contribution in [0.25, 0.3) is 0 Å². The highest BCUT2D eigenvalue weighted by Crippen LogP contribution is 2.21. The number of allylic oxidation sites excluding steroid dienone is 2. The summed E-state index contributed by atoms with van der Waals surface area (Å²) in [5, 5.41) is 0. The fourth-order valence-corrected chi connectivity index (χ4v) is 1.63. The van der Waals surface area contributed by atoms with Gasteiger partial charge in [-0.25, -0.2) is 0 Å². The van der Waals surface area contributed by atoms with Crippen molar-refractivity contribution in [1.29, 1.82) is 0 Å². The SMILES string of the molecule is CC/C=C1/CCCCC1=NC. The third kappa shape index (κ3) is 2.18. The first-order chi connectivity index (χ1) is 5.38. The fraction of sp³-hybridized carbons (Fsp3) is 0.700. The van der Waals surface area contributed by atoms with Crippen LogP contribution in [0.3, 0.4) is 0 Å². The molecule has 0 unspecified atom stereocenters. The molecular weight excluding hydrogens is 134 g/mol. The average molecular weight is 151 g/mol. The Balaban J connectivity index is 2.67. The smallest absolute Gasteiger partial charge is 0.0373 e. The van der Waals surface area contributed by atoms with Crippen LogP contribution in [0.15, 0.2) is 16.6 Å². The van der Waals surface area contributed by atoms with Crippen molar-refractivity contribution >= 4 is 5.71 Å². The van der Waals surface area contributed by atoms with E-state index >= 15 is 0 Å². The number of aliphatic imine (C=N–C) groups is 1. The summed E-state index contributed by atoms with van der Waals surface area (Å²) in [5.74, 6) is 0. The minimum Gasteiger partial charge on any atom is -0.293 e. The molecule has 0 spiro atoms. The Hall–Kier alpha value is -0.590. The van der Waals surface area contributed by atoms with Gasteiger partial charge in [0.15, 0.2) is 0 Å². The van der Waals surface area contributed by atoms with Gasteiger partial charge in [-0.3, -0.25) is 4.99 Å². The number of hydrogen-bond donors (Lipinski definition) is 0. The second kappa shape index (κ2) is 4.32. The Morgan fingerprint density at radius 3 is 2.73 bits per heavy atom. The van der Waals surface area contributed by atoms with Crippen LogP contribution in [0.4, 0.5) is 0 Å². The van der Waals surface area contributed by atoms with Crippen LogP contribution in [0.5, 0.6) is 0 Å². The lowest BCUT2D eigenvalue weighted by molar-refractivity contribution is 0.729. The minimum absolute atomic E-state index is 1.15. The summed E-state index contributed by atoms with van der Waals surface area (Å²) in [4.78, 5) is 4.30. The van der Waals surface area contributed by atoms with Gasteiger partial charge in [-0.05, 0) is 37.7 Å². The molecule has 1 fully saturated rings. The molecule has 0 saturated heterocycles. The molecular formula is C10H17N. The summed E-state index contributed by atoms with van der Waals surface area (Å²) in [5.41, 5.74) is 2.85. The van der Waals surface area contributed by atoms with Crippen LogP contribution in [0.1, 0.15) is 39.0 Å². The molecule has 0 bridgehead atoms. The molecule has 0 N–H and O–H groups in total. The Labute approximate surface area is 69.2 Å². The molecule has 1 rings (SSSR count). The molecule has 0 aromatic heterocycles. The standard InChI is InChI=1S/C10H17N/c1-3-6-9-7-4-5-8-10(9)11-2/h6H,3-5,7-8H2,1-2H3/b9-6-,11-10?. The molecule has 1 nitrogen and oxygen atoms in total. The maximum Gasteiger partial charge on any atom is 0.0373 e. The van der Waals surface area contributed by atoms with E-state index in [0.717, 1.165) is 6.42 Å². The maximum atomic E-state index is 4.30. The molecule has 0 aromatic carbocycles. The van der Waals surface area contributed by atoms with Crippen molar-refractivity contribution in [3.8, 4) is 0 Å². The van der Waals surface area contributed by atoms with Crippen LogP contribution in [-0.4, -0.2) is 12.8 Å². The van der Waals surface area contributed by atoms with Crippen molar-refractivity contribution in [3.05, 3.63) is 11.6 Å². The van der Waals surface area contributed by atoms with Crippen LogP contribution in [0, 0.1) is 0 Å². The first kappa shape index (κ1) is 8.51. The first-order valence-electron chi connectivity index (χ1n) is 4.53. The van der Waals surface area contributed by atoms with Crippen LogP contribution in [0.2, 0.25) is 0 Å². The second-order valence-corrected chi connectivity index (χ2v) is 3.02. The van der Waals surface area contributed by atoms with E-state index < -0.39 is 0 Å². The summed E-state index contributed by atoms with van der Waals surface area (Å²) in [6, 6.07) is 0. The molecule has 0 aromatic rings. The van der Waals surface area contributed by atoms with Gasteiger partial charge in [-0.1, -0.05) is 13.0 Å². The Bertz CT molecular complexity index is 177. The summed E-state index contributed by atoms with van der Waals surface area (Å²) < 4.78 is 0. The van der Waals surface area contributed by atoms with E-state index in [-0.39, 0.29) is 0 Å². The predicted molar refractivity (Wildman–Crippen MR) is 50.2 cm³/mol. The zero-order chi connectivity index (χ0) is 8.10. The minimum atomic E-state index is 1.15. The van der Waals surface area contributed by atoms with Gasteiger partial charge in [0.1, 0.15) is 0 Å². The van der Waals surface area contributed by atoms with Crippen molar-refractivity contribution in [2.24, 2.45) is 4.99 Å². The predicted octanol–water partition coefficient (Wildman–Crippen LogP) is 2.97.